The summed E-state index contributed by atoms with van der Waals surface area (Å²) >= 11 is 0. The van der Waals surface area contributed by atoms with Crippen LogP contribution < -0.4 is 14.8 Å². The number of amides is 1. The topological polar surface area (TPSA) is 137 Å². The number of esters is 1. The minimum atomic E-state index is -3.92. The number of carbonyl (C=O) groups is 2. The summed E-state index contributed by atoms with van der Waals surface area (Å²) in [6.45, 7) is 0. The van der Waals surface area contributed by atoms with E-state index in [1.165, 1.54) is 50.9 Å². The predicted octanol–water partition coefficient (Wildman–Crippen LogP) is 1.18. The van der Waals surface area contributed by atoms with Crippen molar-refractivity contribution in [3.05, 3.63) is 36.7 Å². The summed E-state index contributed by atoms with van der Waals surface area (Å²) in [5.74, 6) is -0.883. The number of hydrogen-bond acceptors (Lipinski definition) is 8. The summed E-state index contributed by atoms with van der Waals surface area (Å²) in [7, 11) is -1.34. The minimum Gasteiger partial charge on any atom is -0.478 e. The minimum absolute atomic E-state index is 0.0376. The lowest BCUT2D eigenvalue weighted by Gasteiger charge is -2.10. The van der Waals surface area contributed by atoms with E-state index in [-0.39, 0.29) is 29.4 Å². The molecule has 10 nitrogen and oxygen atoms in total. The van der Waals surface area contributed by atoms with Crippen molar-refractivity contribution in [3.8, 4) is 5.88 Å². The zero-order valence-electron chi connectivity index (χ0n) is 14.6. The Balaban J connectivity index is 2.05. The summed E-state index contributed by atoms with van der Waals surface area (Å²) in [6, 6.07) is 5.50. The van der Waals surface area contributed by atoms with Crippen LogP contribution in [0.3, 0.4) is 0 Å². The highest BCUT2D eigenvalue weighted by atomic mass is 32.2. The zero-order valence-corrected chi connectivity index (χ0v) is 15.4. The molecule has 0 atom stereocenters. The molecule has 0 aliphatic heterocycles. The Hall–Kier alpha value is -3.21. The summed E-state index contributed by atoms with van der Waals surface area (Å²) in [6.07, 6.45) is 2.61. The van der Waals surface area contributed by atoms with Crippen LogP contribution in [-0.4, -0.2) is 44.5 Å². The first-order chi connectivity index (χ1) is 12.9. The normalized spacial score (nSPS) is 10.7. The van der Waals surface area contributed by atoms with E-state index in [4.69, 9.17) is 4.74 Å². The standard InChI is InChI=1S/C16H18N4O6S/c1-25-14(22)8-7-13(21)19-11-3-5-12(6-4-11)27(23,24)20-15-16(26-2)18-10-9-17-15/h3-6,9-10H,7-8H2,1-2H3,(H,17,20)(H,19,21). The van der Waals surface area contributed by atoms with Crippen LogP contribution in [0.1, 0.15) is 12.8 Å². The lowest BCUT2D eigenvalue weighted by molar-refractivity contribution is -0.141. The summed E-state index contributed by atoms with van der Waals surface area (Å²) in [5.41, 5.74) is 0.390. The lowest BCUT2D eigenvalue weighted by atomic mass is 10.2. The number of nitrogens with one attached hydrogen (secondary N) is 2. The summed E-state index contributed by atoms with van der Waals surface area (Å²) in [4.78, 5) is 30.5. The number of nitrogens with zero attached hydrogens (tertiary/aromatic N) is 2. The fourth-order valence-corrected chi connectivity index (χ4v) is 3.00. The first-order valence-corrected chi connectivity index (χ1v) is 9.18. The number of benzene rings is 1. The summed E-state index contributed by atoms with van der Waals surface area (Å²) < 4.78 is 36.6. The van der Waals surface area contributed by atoms with Crippen molar-refractivity contribution in [2.45, 2.75) is 17.7 Å². The van der Waals surface area contributed by atoms with Gasteiger partial charge in [0.1, 0.15) is 0 Å². The van der Waals surface area contributed by atoms with Crippen molar-refractivity contribution >= 4 is 33.4 Å². The van der Waals surface area contributed by atoms with E-state index in [0.717, 1.165) is 0 Å². The van der Waals surface area contributed by atoms with Crippen molar-refractivity contribution < 1.29 is 27.5 Å². The van der Waals surface area contributed by atoms with Crippen LogP contribution in [0.15, 0.2) is 41.6 Å². The molecule has 0 aliphatic rings. The van der Waals surface area contributed by atoms with E-state index >= 15 is 0 Å². The number of ether oxygens (including phenoxy) is 2. The van der Waals surface area contributed by atoms with Gasteiger partial charge < -0.3 is 14.8 Å². The van der Waals surface area contributed by atoms with E-state index in [9.17, 15) is 18.0 Å². The van der Waals surface area contributed by atoms with E-state index in [1.807, 2.05) is 0 Å². The van der Waals surface area contributed by atoms with Crippen LogP contribution >= 0.6 is 0 Å². The molecule has 27 heavy (non-hydrogen) atoms. The van der Waals surface area contributed by atoms with E-state index in [1.54, 1.807) is 0 Å². The van der Waals surface area contributed by atoms with Crippen molar-refractivity contribution in [1.29, 1.82) is 0 Å². The molecule has 0 saturated carbocycles. The molecular formula is C16H18N4O6S. The average molecular weight is 394 g/mol. The molecule has 11 heteroatoms. The molecule has 0 spiro atoms. The molecule has 1 amide bonds. The third kappa shape index (κ3) is 5.64. The molecule has 2 N–H and O–H groups in total. The highest BCUT2D eigenvalue weighted by Crippen LogP contribution is 2.22. The fourth-order valence-electron chi connectivity index (χ4n) is 1.99. The van der Waals surface area contributed by atoms with Gasteiger partial charge in [-0.15, -0.1) is 0 Å². The number of rotatable bonds is 8. The van der Waals surface area contributed by atoms with Gasteiger partial charge in [-0.25, -0.2) is 18.4 Å². The second-order valence-corrected chi connectivity index (χ2v) is 6.85. The molecule has 2 rings (SSSR count). The Morgan fingerprint density at radius 2 is 1.70 bits per heavy atom. The van der Waals surface area contributed by atoms with Crippen LogP contribution in [0, 0.1) is 0 Å². The van der Waals surface area contributed by atoms with Gasteiger partial charge in [0.2, 0.25) is 11.7 Å². The molecule has 1 aromatic heterocycles. The molecule has 0 radical (unpaired) electrons. The maximum absolute atomic E-state index is 12.4. The Bertz CT molecular complexity index is 915. The van der Waals surface area contributed by atoms with Gasteiger partial charge in [-0.2, -0.15) is 0 Å². The molecule has 0 bridgehead atoms. The molecule has 0 unspecified atom stereocenters. The highest BCUT2D eigenvalue weighted by molar-refractivity contribution is 7.92. The Morgan fingerprint density at radius 1 is 1.04 bits per heavy atom. The largest absolute Gasteiger partial charge is 0.478 e. The first-order valence-electron chi connectivity index (χ1n) is 7.70. The molecule has 0 saturated heterocycles. The first kappa shape index (κ1) is 20.1. The van der Waals surface area contributed by atoms with Gasteiger partial charge in [-0.05, 0) is 24.3 Å². The van der Waals surface area contributed by atoms with Crippen LogP contribution in [-0.2, 0) is 24.3 Å². The van der Waals surface area contributed by atoms with Gasteiger partial charge in [0.15, 0.2) is 0 Å². The fraction of sp³-hybridized carbons (Fsp3) is 0.250. The van der Waals surface area contributed by atoms with Gasteiger partial charge >= 0.3 is 5.97 Å². The maximum Gasteiger partial charge on any atom is 0.306 e. The molecule has 2 aromatic rings. The highest BCUT2D eigenvalue weighted by Gasteiger charge is 2.18. The SMILES string of the molecule is COC(=O)CCC(=O)Nc1ccc(S(=O)(=O)Nc2nccnc2OC)cc1. The summed E-state index contributed by atoms with van der Waals surface area (Å²) in [5, 5.41) is 2.56. The Kier molecular flexibility index (Phi) is 6.66. The third-order valence-electron chi connectivity index (χ3n) is 3.32. The van der Waals surface area contributed by atoms with Crippen molar-refractivity contribution in [1.82, 2.24) is 9.97 Å². The van der Waals surface area contributed by atoms with Crippen molar-refractivity contribution in [3.63, 3.8) is 0 Å². The van der Waals surface area contributed by atoms with Gasteiger partial charge in [0.05, 0.1) is 25.5 Å². The second kappa shape index (κ2) is 8.94. The number of sulfonamides is 1. The predicted molar refractivity (Wildman–Crippen MR) is 95.7 cm³/mol. The van der Waals surface area contributed by atoms with Crippen LogP contribution in [0.2, 0.25) is 0 Å². The molecule has 1 aromatic carbocycles. The molecule has 0 aliphatic carbocycles. The number of carbonyl (C=O) groups excluding carboxylic acids is 2. The van der Waals surface area contributed by atoms with Crippen molar-refractivity contribution in [2.24, 2.45) is 0 Å². The van der Waals surface area contributed by atoms with Crippen molar-refractivity contribution in [2.75, 3.05) is 24.3 Å². The lowest BCUT2D eigenvalue weighted by Crippen LogP contribution is -2.16. The monoisotopic (exact) mass is 394 g/mol. The van der Waals surface area contributed by atoms with Crippen LogP contribution in [0.25, 0.3) is 0 Å². The quantitative estimate of drug-likeness (QED) is 0.637. The van der Waals surface area contributed by atoms with Crippen LogP contribution in [0.4, 0.5) is 11.5 Å². The maximum atomic E-state index is 12.4. The Morgan fingerprint density at radius 3 is 2.33 bits per heavy atom. The molecular weight excluding hydrogens is 376 g/mol. The molecule has 144 valence electrons. The number of hydrogen-bond donors (Lipinski definition) is 2. The van der Waals surface area contributed by atoms with Gasteiger partial charge in [-0.1, -0.05) is 0 Å². The average Bonchev–Trinajstić information content (AvgIpc) is 2.66. The van der Waals surface area contributed by atoms with Gasteiger partial charge in [0, 0.05) is 24.5 Å². The Labute approximate surface area is 156 Å². The molecule has 0 fully saturated rings. The third-order valence-corrected chi connectivity index (χ3v) is 4.68. The number of anilines is 2. The van der Waals surface area contributed by atoms with E-state index in [0.29, 0.717) is 5.69 Å². The zero-order chi connectivity index (χ0) is 19.9. The number of aromatic nitrogens is 2. The molecule has 1 heterocycles. The van der Waals surface area contributed by atoms with E-state index < -0.39 is 21.9 Å². The van der Waals surface area contributed by atoms with Gasteiger partial charge in [-0.3, -0.25) is 14.3 Å². The van der Waals surface area contributed by atoms with E-state index in [2.05, 4.69) is 24.7 Å². The number of methoxy groups -OCH3 is 2. The van der Waals surface area contributed by atoms with Crippen LogP contribution in [0.5, 0.6) is 5.88 Å². The smallest absolute Gasteiger partial charge is 0.306 e. The second-order valence-electron chi connectivity index (χ2n) is 5.17. The van der Waals surface area contributed by atoms with Gasteiger partial charge in [0.25, 0.3) is 15.9 Å².